The van der Waals surface area contributed by atoms with E-state index >= 15 is 0 Å². The van der Waals surface area contributed by atoms with Crippen molar-refractivity contribution in [1.82, 2.24) is 0 Å². The molecule has 0 aliphatic rings. The molecule has 0 bridgehead atoms. The van der Waals surface area contributed by atoms with Gasteiger partial charge in [0.15, 0.2) is 5.76 Å². The van der Waals surface area contributed by atoms with Crippen LogP contribution >= 0.6 is 0 Å². The van der Waals surface area contributed by atoms with E-state index in [0.29, 0.717) is 5.69 Å². The molecule has 1 aromatic carbocycles. The van der Waals surface area contributed by atoms with Crippen LogP contribution in [-0.4, -0.2) is 16.9 Å². The Bertz CT molecular complexity index is 597. The molecule has 0 aliphatic carbocycles. The molecular weight excluding hydrogens is 246 g/mol. The molecule has 0 unspecified atom stereocenters. The molecule has 0 amide bonds. The van der Waals surface area contributed by atoms with Crippen molar-refractivity contribution in [1.29, 1.82) is 0 Å². The monoisotopic (exact) mass is 257 g/mol. The van der Waals surface area contributed by atoms with Crippen molar-refractivity contribution in [3.05, 3.63) is 66.3 Å². The maximum atomic E-state index is 11.5. The fraction of sp³-hybridized carbons (Fsp3) is 0. The minimum Gasteiger partial charge on any atom is -0.478 e. The van der Waals surface area contributed by atoms with Crippen molar-refractivity contribution in [2.24, 2.45) is 0 Å². The number of rotatable bonds is 5. The zero-order chi connectivity index (χ0) is 13.7. The molecule has 2 N–H and O–H groups in total. The molecule has 0 saturated carbocycles. The number of carboxylic acid groups (broad SMARTS) is 1. The maximum absolute atomic E-state index is 11.5. The summed E-state index contributed by atoms with van der Waals surface area (Å²) in [5.74, 6) is -0.964. The predicted molar refractivity (Wildman–Crippen MR) is 69.2 cm³/mol. The molecular formula is C14H11NO4. The minimum atomic E-state index is -0.977. The molecule has 0 fully saturated rings. The summed E-state index contributed by atoms with van der Waals surface area (Å²) in [5.41, 5.74) is 0.898. The van der Waals surface area contributed by atoms with E-state index in [9.17, 15) is 9.59 Å². The van der Waals surface area contributed by atoms with Gasteiger partial charge >= 0.3 is 5.97 Å². The fourth-order valence-corrected chi connectivity index (χ4v) is 1.42. The van der Waals surface area contributed by atoms with Crippen LogP contribution in [0.3, 0.4) is 0 Å². The average Bonchev–Trinajstić information content (AvgIpc) is 2.93. The summed E-state index contributed by atoms with van der Waals surface area (Å²) < 4.78 is 4.95. The van der Waals surface area contributed by atoms with Crippen LogP contribution in [-0.2, 0) is 0 Å². The van der Waals surface area contributed by atoms with Gasteiger partial charge < -0.3 is 14.8 Å². The number of ketones is 1. The first-order valence-electron chi connectivity index (χ1n) is 5.51. The Kier molecular flexibility index (Phi) is 3.78. The topological polar surface area (TPSA) is 79.5 Å². The maximum Gasteiger partial charge on any atom is 0.335 e. The molecule has 0 aliphatic heterocycles. The summed E-state index contributed by atoms with van der Waals surface area (Å²) in [5, 5.41) is 11.6. The molecule has 0 saturated heterocycles. The SMILES string of the molecule is O=C(O)c1ccc(N/C=C/C(=O)c2ccco2)cc1. The third-order valence-corrected chi connectivity index (χ3v) is 2.38. The number of furan rings is 1. The van der Waals surface area contributed by atoms with Crippen LogP contribution in [0.1, 0.15) is 20.9 Å². The third kappa shape index (κ3) is 3.32. The van der Waals surface area contributed by atoms with Crippen LogP contribution < -0.4 is 5.32 Å². The molecule has 2 aromatic rings. The van der Waals surface area contributed by atoms with Gasteiger partial charge in [0.1, 0.15) is 0 Å². The Morgan fingerprint density at radius 3 is 2.47 bits per heavy atom. The molecule has 1 heterocycles. The number of hydrogen-bond donors (Lipinski definition) is 2. The first-order valence-corrected chi connectivity index (χ1v) is 5.51. The predicted octanol–water partition coefficient (Wildman–Crippen LogP) is 2.79. The second-order valence-electron chi connectivity index (χ2n) is 3.70. The van der Waals surface area contributed by atoms with Crippen molar-refractivity contribution < 1.29 is 19.1 Å². The smallest absolute Gasteiger partial charge is 0.335 e. The lowest BCUT2D eigenvalue weighted by Crippen LogP contribution is -1.97. The Hall–Kier alpha value is -2.82. The largest absolute Gasteiger partial charge is 0.478 e. The molecule has 0 spiro atoms. The lowest BCUT2D eigenvalue weighted by atomic mass is 10.2. The summed E-state index contributed by atoms with van der Waals surface area (Å²) in [7, 11) is 0. The summed E-state index contributed by atoms with van der Waals surface area (Å²) in [6, 6.07) is 9.41. The van der Waals surface area contributed by atoms with E-state index in [0.717, 1.165) is 0 Å². The van der Waals surface area contributed by atoms with Gasteiger partial charge in [0, 0.05) is 18.0 Å². The van der Waals surface area contributed by atoms with Crippen molar-refractivity contribution in [3.63, 3.8) is 0 Å². The molecule has 19 heavy (non-hydrogen) atoms. The second kappa shape index (κ2) is 5.68. The molecule has 2 rings (SSSR count). The number of allylic oxidation sites excluding steroid dienone is 1. The quantitative estimate of drug-likeness (QED) is 0.636. The number of carbonyl (C=O) groups excluding carboxylic acids is 1. The van der Waals surface area contributed by atoms with Crippen molar-refractivity contribution in [3.8, 4) is 0 Å². The van der Waals surface area contributed by atoms with Crippen molar-refractivity contribution in [2.45, 2.75) is 0 Å². The Labute approximate surface area is 109 Å². The van der Waals surface area contributed by atoms with Gasteiger partial charge in [-0.15, -0.1) is 0 Å². The third-order valence-electron chi connectivity index (χ3n) is 2.38. The van der Waals surface area contributed by atoms with Crippen molar-refractivity contribution in [2.75, 3.05) is 5.32 Å². The summed E-state index contributed by atoms with van der Waals surface area (Å²) in [6.07, 6.45) is 4.24. The molecule has 5 nitrogen and oxygen atoms in total. The lowest BCUT2D eigenvalue weighted by molar-refractivity contribution is 0.0696. The second-order valence-corrected chi connectivity index (χ2v) is 3.70. The van der Waals surface area contributed by atoms with Gasteiger partial charge in [-0.05, 0) is 36.4 Å². The van der Waals surface area contributed by atoms with E-state index in [2.05, 4.69) is 5.32 Å². The first-order chi connectivity index (χ1) is 9.16. The molecule has 0 atom stereocenters. The zero-order valence-corrected chi connectivity index (χ0v) is 9.87. The van der Waals surface area contributed by atoms with E-state index in [1.807, 2.05) is 0 Å². The minimum absolute atomic E-state index is 0.209. The van der Waals surface area contributed by atoms with E-state index in [4.69, 9.17) is 9.52 Å². The fourth-order valence-electron chi connectivity index (χ4n) is 1.42. The van der Waals surface area contributed by atoms with Crippen molar-refractivity contribution >= 4 is 17.4 Å². The summed E-state index contributed by atoms with van der Waals surface area (Å²) >= 11 is 0. The molecule has 96 valence electrons. The average molecular weight is 257 g/mol. The molecule has 1 aromatic heterocycles. The number of nitrogens with one attached hydrogen (secondary N) is 1. The summed E-state index contributed by atoms with van der Waals surface area (Å²) in [4.78, 5) is 22.2. The number of carbonyl (C=O) groups is 2. The van der Waals surface area contributed by atoms with E-state index < -0.39 is 5.97 Å². The van der Waals surface area contributed by atoms with Crippen LogP contribution in [0, 0.1) is 0 Å². The highest BCUT2D eigenvalue weighted by Crippen LogP contribution is 2.09. The highest BCUT2D eigenvalue weighted by Gasteiger charge is 2.03. The van der Waals surface area contributed by atoms with Gasteiger partial charge in [-0.2, -0.15) is 0 Å². The van der Waals surface area contributed by atoms with Gasteiger partial charge in [-0.1, -0.05) is 0 Å². The van der Waals surface area contributed by atoms with Gasteiger partial charge in [0.2, 0.25) is 5.78 Å². The van der Waals surface area contributed by atoms with Gasteiger partial charge in [0.25, 0.3) is 0 Å². The highest BCUT2D eigenvalue weighted by molar-refractivity contribution is 6.02. The normalized spacial score (nSPS) is 10.5. The molecule has 0 radical (unpaired) electrons. The lowest BCUT2D eigenvalue weighted by Gasteiger charge is -2.00. The van der Waals surface area contributed by atoms with Gasteiger partial charge in [0.05, 0.1) is 11.8 Å². The van der Waals surface area contributed by atoms with Gasteiger partial charge in [-0.25, -0.2) is 4.79 Å². The number of hydrogen-bond acceptors (Lipinski definition) is 4. The van der Waals surface area contributed by atoms with E-state index in [-0.39, 0.29) is 17.1 Å². The number of benzene rings is 1. The summed E-state index contributed by atoms with van der Waals surface area (Å²) in [6.45, 7) is 0. The van der Waals surface area contributed by atoms with Crippen LogP contribution in [0.5, 0.6) is 0 Å². The molecule has 5 heteroatoms. The zero-order valence-electron chi connectivity index (χ0n) is 9.87. The van der Waals surface area contributed by atoms with Gasteiger partial charge in [-0.3, -0.25) is 4.79 Å². The number of anilines is 1. The van der Waals surface area contributed by atoms with E-state index in [1.165, 1.54) is 30.7 Å². The number of aromatic carboxylic acids is 1. The Morgan fingerprint density at radius 1 is 1.16 bits per heavy atom. The first kappa shape index (κ1) is 12.6. The highest BCUT2D eigenvalue weighted by atomic mass is 16.4. The standard InChI is InChI=1S/C14H11NO4/c16-12(13-2-1-9-19-13)7-8-15-11-5-3-10(4-6-11)14(17)18/h1-9,15H,(H,17,18)/b8-7+. The van der Waals surface area contributed by atoms with E-state index in [1.54, 1.807) is 24.3 Å². The van der Waals surface area contributed by atoms with Crippen LogP contribution in [0.2, 0.25) is 0 Å². The van der Waals surface area contributed by atoms with Crippen LogP contribution in [0.15, 0.2) is 59.4 Å². The number of carboxylic acids is 1. The Morgan fingerprint density at radius 2 is 1.89 bits per heavy atom. The Balaban J connectivity index is 1.95. The van der Waals surface area contributed by atoms with Crippen LogP contribution in [0.4, 0.5) is 5.69 Å². The van der Waals surface area contributed by atoms with Crippen LogP contribution in [0.25, 0.3) is 0 Å².